The standard InChI is InChI=1S/C32H32F4N4O2/c33-31-25-18-22(9-11-27(25)40(39-31)29-8-4-5-17-41-29)30(26(19-32(34,35)36)21-6-2-1-3-7-21)23-10-12-28(38-20-23)42-24-13-15-37-16-14-24/h1-3,6-7,9-12,18,20,24,29,37H,4-5,8,13-17,19H2/b30-26-. The summed E-state index contributed by atoms with van der Waals surface area (Å²) in [6.45, 7) is 2.28. The van der Waals surface area contributed by atoms with Crippen molar-refractivity contribution in [3.8, 4) is 5.88 Å². The molecule has 2 fully saturated rings. The van der Waals surface area contributed by atoms with Crippen molar-refractivity contribution < 1.29 is 27.0 Å². The Morgan fingerprint density at radius 3 is 2.43 bits per heavy atom. The number of ether oxygens (including phenoxy) is 2. The highest BCUT2D eigenvalue weighted by molar-refractivity contribution is 6.00. The van der Waals surface area contributed by atoms with Crippen molar-refractivity contribution in [2.45, 2.75) is 57.0 Å². The van der Waals surface area contributed by atoms with Gasteiger partial charge in [-0.05, 0) is 85.7 Å². The Bertz CT molecular complexity index is 1540. The van der Waals surface area contributed by atoms with Gasteiger partial charge in [-0.2, -0.15) is 17.6 Å². The summed E-state index contributed by atoms with van der Waals surface area (Å²) in [6, 6.07) is 16.9. The largest absolute Gasteiger partial charge is 0.474 e. The van der Waals surface area contributed by atoms with Gasteiger partial charge in [0.1, 0.15) is 6.10 Å². The van der Waals surface area contributed by atoms with E-state index in [0.29, 0.717) is 46.7 Å². The second kappa shape index (κ2) is 12.2. The Morgan fingerprint density at radius 1 is 0.952 bits per heavy atom. The van der Waals surface area contributed by atoms with Crippen molar-refractivity contribution in [2.24, 2.45) is 0 Å². The summed E-state index contributed by atoms with van der Waals surface area (Å²) in [5.74, 6) is -0.279. The zero-order chi connectivity index (χ0) is 29.1. The van der Waals surface area contributed by atoms with E-state index in [-0.39, 0.29) is 23.3 Å². The highest BCUT2D eigenvalue weighted by Crippen LogP contribution is 2.40. The molecular weight excluding hydrogens is 548 g/mol. The summed E-state index contributed by atoms with van der Waals surface area (Å²) in [5.41, 5.74) is 2.25. The van der Waals surface area contributed by atoms with Crippen molar-refractivity contribution >= 4 is 22.0 Å². The molecule has 0 bridgehead atoms. The molecule has 0 aliphatic carbocycles. The van der Waals surface area contributed by atoms with Crippen LogP contribution < -0.4 is 10.1 Å². The molecule has 2 aliphatic heterocycles. The number of hydrogen-bond acceptors (Lipinski definition) is 5. The Hall–Kier alpha value is -3.76. The van der Waals surface area contributed by atoms with Crippen molar-refractivity contribution in [1.82, 2.24) is 20.1 Å². The quantitative estimate of drug-likeness (QED) is 0.184. The molecule has 2 aliphatic rings. The first-order valence-corrected chi connectivity index (χ1v) is 14.3. The van der Waals surface area contributed by atoms with Crippen LogP contribution in [0.2, 0.25) is 0 Å². The maximum Gasteiger partial charge on any atom is 0.393 e. The lowest BCUT2D eigenvalue weighted by Gasteiger charge is -2.24. The summed E-state index contributed by atoms with van der Waals surface area (Å²) in [7, 11) is 0. The van der Waals surface area contributed by atoms with Gasteiger partial charge in [0, 0.05) is 24.4 Å². The van der Waals surface area contributed by atoms with E-state index >= 15 is 4.39 Å². The van der Waals surface area contributed by atoms with Crippen molar-refractivity contribution in [1.29, 1.82) is 0 Å². The summed E-state index contributed by atoms with van der Waals surface area (Å²) < 4.78 is 70.9. The number of nitrogens with zero attached hydrogens (tertiary/aromatic N) is 3. The van der Waals surface area contributed by atoms with Gasteiger partial charge >= 0.3 is 6.18 Å². The van der Waals surface area contributed by atoms with Crippen LogP contribution in [-0.4, -0.2) is 46.7 Å². The highest BCUT2D eigenvalue weighted by Gasteiger charge is 2.32. The molecule has 0 saturated carbocycles. The minimum Gasteiger partial charge on any atom is -0.474 e. The molecule has 1 unspecified atom stereocenters. The second-order valence-electron chi connectivity index (χ2n) is 10.8. The number of hydrogen-bond donors (Lipinski definition) is 1. The van der Waals surface area contributed by atoms with E-state index in [1.54, 1.807) is 65.3 Å². The van der Waals surface area contributed by atoms with Gasteiger partial charge in [-0.1, -0.05) is 36.4 Å². The average Bonchev–Trinajstić information content (AvgIpc) is 3.34. The van der Waals surface area contributed by atoms with Gasteiger partial charge < -0.3 is 14.8 Å². The summed E-state index contributed by atoms with van der Waals surface area (Å²) in [4.78, 5) is 4.47. The van der Waals surface area contributed by atoms with Gasteiger partial charge in [-0.15, -0.1) is 5.10 Å². The van der Waals surface area contributed by atoms with Crippen LogP contribution in [0.3, 0.4) is 0 Å². The van der Waals surface area contributed by atoms with Gasteiger partial charge in [0.2, 0.25) is 11.8 Å². The number of benzene rings is 2. The molecule has 42 heavy (non-hydrogen) atoms. The topological polar surface area (TPSA) is 61.2 Å². The molecule has 6 nitrogen and oxygen atoms in total. The first-order chi connectivity index (χ1) is 20.4. The van der Waals surface area contributed by atoms with Crippen LogP contribution in [0.25, 0.3) is 22.0 Å². The fourth-order valence-electron chi connectivity index (χ4n) is 5.77. The first kappa shape index (κ1) is 28.4. The number of fused-ring (bicyclic) bond motifs is 1. The minimum absolute atomic E-state index is 0.0276. The van der Waals surface area contributed by atoms with Crippen molar-refractivity contribution in [2.75, 3.05) is 19.7 Å². The molecule has 6 rings (SSSR count). The normalized spacial score (nSPS) is 19.1. The van der Waals surface area contributed by atoms with Crippen LogP contribution in [-0.2, 0) is 4.74 Å². The van der Waals surface area contributed by atoms with E-state index in [2.05, 4.69) is 15.4 Å². The van der Waals surface area contributed by atoms with Crippen LogP contribution in [0.4, 0.5) is 17.6 Å². The Labute approximate surface area is 241 Å². The molecule has 2 aromatic carbocycles. The van der Waals surface area contributed by atoms with E-state index in [1.807, 2.05) is 0 Å². The lowest BCUT2D eigenvalue weighted by molar-refractivity contribution is -0.122. The van der Waals surface area contributed by atoms with E-state index < -0.39 is 18.5 Å². The van der Waals surface area contributed by atoms with Crippen LogP contribution in [0.15, 0.2) is 66.9 Å². The van der Waals surface area contributed by atoms with Gasteiger partial charge in [-0.3, -0.25) is 0 Å². The van der Waals surface area contributed by atoms with Gasteiger partial charge in [0.05, 0.1) is 17.3 Å². The van der Waals surface area contributed by atoms with E-state index in [0.717, 1.165) is 38.8 Å². The third-order valence-electron chi connectivity index (χ3n) is 7.78. The van der Waals surface area contributed by atoms with E-state index in [4.69, 9.17) is 9.47 Å². The Kier molecular flexibility index (Phi) is 8.26. The second-order valence-corrected chi connectivity index (χ2v) is 10.8. The molecule has 1 N–H and O–H groups in total. The molecule has 10 heteroatoms. The van der Waals surface area contributed by atoms with Gasteiger partial charge in [0.25, 0.3) is 0 Å². The molecule has 1 atom stereocenters. The summed E-state index contributed by atoms with van der Waals surface area (Å²) in [6.07, 6.45) is -0.180. The number of halogens is 4. The maximum absolute atomic E-state index is 15.3. The first-order valence-electron chi connectivity index (χ1n) is 14.3. The summed E-state index contributed by atoms with van der Waals surface area (Å²) >= 11 is 0. The van der Waals surface area contributed by atoms with Crippen molar-refractivity contribution in [3.63, 3.8) is 0 Å². The van der Waals surface area contributed by atoms with Crippen LogP contribution >= 0.6 is 0 Å². The Balaban J connectivity index is 1.47. The maximum atomic E-state index is 15.3. The fourth-order valence-corrected chi connectivity index (χ4v) is 5.77. The fraction of sp³-hybridized carbons (Fsp3) is 0.375. The molecule has 4 aromatic rings. The molecule has 2 saturated heterocycles. The molecule has 0 spiro atoms. The molecular formula is C32H32F4N4O2. The molecule has 0 amide bonds. The third kappa shape index (κ3) is 6.34. The third-order valence-corrected chi connectivity index (χ3v) is 7.78. The smallest absolute Gasteiger partial charge is 0.393 e. The monoisotopic (exact) mass is 580 g/mol. The number of pyridine rings is 1. The number of rotatable bonds is 7. The number of alkyl halides is 3. The molecule has 0 radical (unpaired) electrons. The predicted octanol–water partition coefficient (Wildman–Crippen LogP) is 7.31. The Morgan fingerprint density at radius 2 is 1.74 bits per heavy atom. The number of aromatic nitrogens is 3. The summed E-state index contributed by atoms with van der Waals surface area (Å²) in [5, 5.41) is 7.62. The predicted molar refractivity (Wildman–Crippen MR) is 152 cm³/mol. The lowest BCUT2D eigenvalue weighted by atomic mass is 9.88. The van der Waals surface area contributed by atoms with Crippen molar-refractivity contribution in [3.05, 3.63) is 89.5 Å². The number of nitrogens with one attached hydrogen (secondary N) is 1. The average molecular weight is 581 g/mol. The molecule has 220 valence electrons. The molecule has 2 aromatic heterocycles. The van der Waals surface area contributed by atoms with E-state index in [9.17, 15) is 13.2 Å². The van der Waals surface area contributed by atoms with E-state index in [1.165, 1.54) is 6.20 Å². The zero-order valence-electron chi connectivity index (χ0n) is 23.0. The SMILES string of the molecule is Fc1nn(C2CCCCO2)c2ccc(/C(=C(\CC(F)(F)F)c3ccccc3)c3ccc(OC4CCNCC4)nc3)cc12. The number of allylic oxidation sites excluding steroid dienone is 1. The van der Waals surface area contributed by atoms with Gasteiger partial charge in [0.15, 0.2) is 6.23 Å². The number of piperidine rings is 1. The van der Waals surface area contributed by atoms with Crippen LogP contribution in [0.1, 0.15) is 61.4 Å². The van der Waals surface area contributed by atoms with Gasteiger partial charge in [-0.25, -0.2) is 9.67 Å². The minimum atomic E-state index is -4.49. The van der Waals surface area contributed by atoms with Crippen LogP contribution in [0, 0.1) is 5.95 Å². The molecule has 4 heterocycles. The lowest BCUT2D eigenvalue weighted by Crippen LogP contribution is -2.34. The zero-order valence-corrected chi connectivity index (χ0v) is 23.0. The van der Waals surface area contributed by atoms with Crippen LogP contribution in [0.5, 0.6) is 5.88 Å². The highest BCUT2D eigenvalue weighted by atomic mass is 19.4.